The highest BCUT2D eigenvalue weighted by atomic mass is 16.5. The quantitative estimate of drug-likeness (QED) is 0.756. The van der Waals surface area contributed by atoms with Gasteiger partial charge in [0.2, 0.25) is 5.91 Å². The average molecular weight is 266 g/mol. The van der Waals surface area contributed by atoms with Crippen molar-refractivity contribution < 1.29 is 9.53 Å². The Morgan fingerprint density at radius 3 is 2.89 bits per heavy atom. The van der Waals surface area contributed by atoms with Crippen molar-refractivity contribution in [3.63, 3.8) is 0 Å². The summed E-state index contributed by atoms with van der Waals surface area (Å²) >= 11 is 0. The van der Waals surface area contributed by atoms with E-state index in [0.29, 0.717) is 5.41 Å². The number of amides is 1. The van der Waals surface area contributed by atoms with E-state index in [1.54, 1.807) is 6.92 Å². The summed E-state index contributed by atoms with van der Waals surface area (Å²) in [5.74, 6) is 0.985. The van der Waals surface area contributed by atoms with E-state index < -0.39 is 0 Å². The number of hydrogen-bond acceptors (Lipinski definition) is 3. The summed E-state index contributed by atoms with van der Waals surface area (Å²) < 4.78 is 5.48. The molecule has 19 heavy (non-hydrogen) atoms. The van der Waals surface area contributed by atoms with E-state index in [9.17, 15) is 4.79 Å². The van der Waals surface area contributed by atoms with Crippen LogP contribution < -0.4 is 0 Å². The van der Waals surface area contributed by atoms with E-state index in [0.717, 1.165) is 32.2 Å². The van der Waals surface area contributed by atoms with Crippen LogP contribution in [-0.4, -0.2) is 61.6 Å². The Balaban J connectivity index is 1.57. The molecular weight excluding hydrogens is 240 g/mol. The van der Waals surface area contributed by atoms with Crippen molar-refractivity contribution in [3.05, 3.63) is 0 Å². The van der Waals surface area contributed by atoms with Crippen molar-refractivity contribution in [2.45, 2.75) is 32.6 Å². The monoisotopic (exact) mass is 266 g/mol. The molecule has 4 heteroatoms. The predicted octanol–water partition coefficient (Wildman–Crippen LogP) is 1.36. The minimum absolute atomic E-state index is 0.248. The van der Waals surface area contributed by atoms with E-state index in [-0.39, 0.29) is 5.91 Å². The molecule has 0 bridgehead atoms. The van der Waals surface area contributed by atoms with Gasteiger partial charge in [-0.25, -0.2) is 0 Å². The van der Waals surface area contributed by atoms with E-state index in [1.807, 2.05) is 4.90 Å². The van der Waals surface area contributed by atoms with Gasteiger partial charge in [-0.05, 0) is 38.1 Å². The van der Waals surface area contributed by atoms with Crippen LogP contribution >= 0.6 is 0 Å². The first-order valence-corrected chi connectivity index (χ1v) is 7.73. The lowest BCUT2D eigenvalue weighted by molar-refractivity contribution is -0.128. The number of carbonyl (C=O) groups is 1. The van der Waals surface area contributed by atoms with Gasteiger partial charge in [-0.15, -0.1) is 0 Å². The normalized spacial score (nSPS) is 36.3. The van der Waals surface area contributed by atoms with Crippen molar-refractivity contribution in [2.75, 3.05) is 45.9 Å². The number of carbonyl (C=O) groups excluding carboxylic acids is 1. The van der Waals surface area contributed by atoms with Crippen LogP contribution in [0.2, 0.25) is 0 Å². The number of likely N-dealkylation sites (tertiary alicyclic amines) is 2. The van der Waals surface area contributed by atoms with Crippen LogP contribution in [0.4, 0.5) is 0 Å². The van der Waals surface area contributed by atoms with Crippen LogP contribution in [0.1, 0.15) is 32.6 Å². The number of rotatable bonds is 2. The molecule has 1 amide bonds. The zero-order valence-electron chi connectivity index (χ0n) is 12.1. The predicted molar refractivity (Wildman–Crippen MR) is 73.9 cm³/mol. The van der Waals surface area contributed by atoms with E-state index in [1.165, 1.54) is 45.3 Å². The molecule has 0 radical (unpaired) electrons. The molecule has 1 spiro atoms. The van der Waals surface area contributed by atoms with Gasteiger partial charge in [-0.1, -0.05) is 0 Å². The standard InChI is InChI=1S/C15H26N2O2/c1-13(18)17-7-5-15(12-17)4-2-6-16(11-15)9-14-3-8-19-10-14/h14H,2-12H2,1H3/t14-,15+/m0/s1. The Bertz CT molecular complexity index is 341. The SMILES string of the molecule is CC(=O)N1CC[C@@]2(CCCN(C[C@@H]3CCOC3)C2)C1. The molecule has 2 atom stereocenters. The number of ether oxygens (including phenoxy) is 1. The summed E-state index contributed by atoms with van der Waals surface area (Å²) in [5.41, 5.74) is 0.392. The highest BCUT2D eigenvalue weighted by Crippen LogP contribution is 2.39. The second kappa shape index (κ2) is 5.41. The first kappa shape index (κ1) is 13.4. The summed E-state index contributed by atoms with van der Waals surface area (Å²) in [6.45, 7) is 9.17. The van der Waals surface area contributed by atoms with Crippen LogP contribution in [-0.2, 0) is 9.53 Å². The minimum atomic E-state index is 0.248. The van der Waals surface area contributed by atoms with Crippen molar-refractivity contribution in [2.24, 2.45) is 11.3 Å². The number of piperidine rings is 1. The molecule has 0 N–H and O–H groups in total. The zero-order chi connectivity index (χ0) is 13.3. The largest absolute Gasteiger partial charge is 0.381 e. The topological polar surface area (TPSA) is 32.8 Å². The lowest BCUT2D eigenvalue weighted by Gasteiger charge is -2.41. The van der Waals surface area contributed by atoms with Crippen LogP contribution in [0, 0.1) is 11.3 Å². The van der Waals surface area contributed by atoms with Gasteiger partial charge in [0.25, 0.3) is 0 Å². The smallest absolute Gasteiger partial charge is 0.219 e. The zero-order valence-corrected chi connectivity index (χ0v) is 12.1. The first-order chi connectivity index (χ1) is 9.17. The highest BCUT2D eigenvalue weighted by Gasteiger charge is 2.42. The van der Waals surface area contributed by atoms with Gasteiger partial charge in [-0.2, -0.15) is 0 Å². The Morgan fingerprint density at radius 1 is 1.32 bits per heavy atom. The summed E-state index contributed by atoms with van der Waals surface area (Å²) in [7, 11) is 0. The fourth-order valence-corrected chi connectivity index (χ4v) is 4.10. The van der Waals surface area contributed by atoms with Crippen molar-refractivity contribution >= 4 is 5.91 Å². The maximum Gasteiger partial charge on any atom is 0.219 e. The molecule has 0 aliphatic carbocycles. The van der Waals surface area contributed by atoms with Gasteiger partial charge >= 0.3 is 0 Å². The molecule has 3 rings (SSSR count). The second-order valence-electron chi connectivity index (χ2n) is 6.76. The molecule has 0 unspecified atom stereocenters. The maximum atomic E-state index is 11.5. The van der Waals surface area contributed by atoms with Crippen LogP contribution in [0.25, 0.3) is 0 Å². The lowest BCUT2D eigenvalue weighted by atomic mass is 9.79. The van der Waals surface area contributed by atoms with Crippen LogP contribution in [0.3, 0.4) is 0 Å². The highest BCUT2D eigenvalue weighted by molar-refractivity contribution is 5.73. The third-order valence-corrected chi connectivity index (χ3v) is 5.16. The van der Waals surface area contributed by atoms with E-state index >= 15 is 0 Å². The molecule has 0 saturated carbocycles. The molecule has 0 aromatic rings. The van der Waals surface area contributed by atoms with Crippen molar-refractivity contribution in [1.29, 1.82) is 0 Å². The third kappa shape index (κ3) is 2.95. The molecule has 0 aromatic heterocycles. The van der Waals surface area contributed by atoms with Gasteiger partial charge in [0.1, 0.15) is 0 Å². The summed E-state index contributed by atoms with van der Waals surface area (Å²) in [6.07, 6.45) is 5.01. The van der Waals surface area contributed by atoms with Crippen LogP contribution in [0.5, 0.6) is 0 Å². The molecule has 3 saturated heterocycles. The fourth-order valence-electron chi connectivity index (χ4n) is 4.10. The fraction of sp³-hybridized carbons (Fsp3) is 0.933. The Morgan fingerprint density at radius 2 is 2.21 bits per heavy atom. The van der Waals surface area contributed by atoms with E-state index in [2.05, 4.69) is 4.90 Å². The van der Waals surface area contributed by atoms with Crippen molar-refractivity contribution in [3.8, 4) is 0 Å². The number of nitrogens with zero attached hydrogens (tertiary/aromatic N) is 2. The van der Waals surface area contributed by atoms with Gasteiger partial charge in [0.15, 0.2) is 0 Å². The molecule has 108 valence electrons. The molecular formula is C15H26N2O2. The van der Waals surface area contributed by atoms with Gasteiger partial charge in [-0.3, -0.25) is 4.79 Å². The van der Waals surface area contributed by atoms with E-state index in [4.69, 9.17) is 4.74 Å². The third-order valence-electron chi connectivity index (χ3n) is 5.16. The Hall–Kier alpha value is -0.610. The van der Waals surface area contributed by atoms with Gasteiger partial charge < -0.3 is 14.5 Å². The molecule has 4 nitrogen and oxygen atoms in total. The molecule has 3 fully saturated rings. The lowest BCUT2D eigenvalue weighted by Crippen LogP contribution is -2.46. The van der Waals surface area contributed by atoms with Gasteiger partial charge in [0, 0.05) is 45.1 Å². The summed E-state index contributed by atoms with van der Waals surface area (Å²) in [5, 5.41) is 0. The second-order valence-corrected chi connectivity index (χ2v) is 6.76. The summed E-state index contributed by atoms with van der Waals surface area (Å²) in [4.78, 5) is 16.2. The first-order valence-electron chi connectivity index (χ1n) is 7.73. The Labute approximate surface area is 116 Å². The minimum Gasteiger partial charge on any atom is -0.381 e. The molecule has 3 aliphatic rings. The van der Waals surface area contributed by atoms with Gasteiger partial charge in [0.05, 0.1) is 6.61 Å². The Kier molecular flexibility index (Phi) is 3.81. The maximum absolute atomic E-state index is 11.5. The average Bonchev–Trinajstić information content (AvgIpc) is 3.00. The van der Waals surface area contributed by atoms with Crippen LogP contribution in [0.15, 0.2) is 0 Å². The molecule has 3 aliphatic heterocycles. The molecule has 3 heterocycles. The van der Waals surface area contributed by atoms with Crippen molar-refractivity contribution in [1.82, 2.24) is 9.80 Å². The molecule has 0 aromatic carbocycles. The summed E-state index contributed by atoms with van der Waals surface area (Å²) in [6, 6.07) is 0. The number of hydrogen-bond donors (Lipinski definition) is 0.